The van der Waals surface area contributed by atoms with Crippen LogP contribution >= 0.6 is 23.1 Å². The van der Waals surface area contributed by atoms with Crippen LogP contribution in [0.15, 0.2) is 0 Å². The summed E-state index contributed by atoms with van der Waals surface area (Å²) in [6, 6.07) is 0. The van der Waals surface area contributed by atoms with Crippen LogP contribution < -0.4 is 5.73 Å². The fraction of sp³-hybridized carbons (Fsp3) is 0.714. The lowest BCUT2D eigenvalue weighted by Crippen LogP contribution is -1.87. The Morgan fingerprint density at radius 1 is 1.50 bits per heavy atom. The van der Waals surface area contributed by atoms with Crippen molar-refractivity contribution in [2.24, 2.45) is 0 Å². The zero-order chi connectivity index (χ0) is 8.81. The van der Waals surface area contributed by atoms with Gasteiger partial charge in [-0.05, 0) is 17.9 Å². The zero-order valence-electron chi connectivity index (χ0n) is 7.12. The first-order chi connectivity index (χ1) is 5.83. The van der Waals surface area contributed by atoms with Crippen LogP contribution in [0.5, 0.6) is 0 Å². The minimum absolute atomic E-state index is 0.577. The molecule has 0 bridgehead atoms. The van der Waals surface area contributed by atoms with Gasteiger partial charge in [0.1, 0.15) is 5.01 Å². The number of thioether (sulfide) groups is 1. The van der Waals surface area contributed by atoms with Crippen LogP contribution in [0.3, 0.4) is 0 Å². The molecule has 2 N–H and O–H groups in total. The highest BCUT2D eigenvalue weighted by molar-refractivity contribution is 7.99. The number of anilines is 1. The number of hydrogen-bond acceptors (Lipinski definition) is 5. The van der Waals surface area contributed by atoms with E-state index in [0.29, 0.717) is 5.13 Å². The zero-order valence-corrected chi connectivity index (χ0v) is 8.75. The van der Waals surface area contributed by atoms with Crippen molar-refractivity contribution in [3.63, 3.8) is 0 Å². The van der Waals surface area contributed by atoms with Crippen LogP contribution in [0.25, 0.3) is 0 Å². The van der Waals surface area contributed by atoms with Gasteiger partial charge in [-0.25, -0.2) is 0 Å². The molecule has 0 saturated carbocycles. The highest BCUT2D eigenvalue weighted by Gasteiger charge is 1.99. The van der Waals surface area contributed by atoms with Crippen molar-refractivity contribution in [1.29, 1.82) is 0 Å². The largest absolute Gasteiger partial charge is 0.374 e. The second-order valence-electron chi connectivity index (χ2n) is 2.33. The van der Waals surface area contributed by atoms with Crippen LogP contribution in [0.1, 0.15) is 18.4 Å². The number of hydrogen-bond donors (Lipinski definition) is 1. The van der Waals surface area contributed by atoms with Crippen molar-refractivity contribution in [3.05, 3.63) is 5.01 Å². The van der Waals surface area contributed by atoms with Gasteiger partial charge in [0.05, 0.1) is 0 Å². The van der Waals surface area contributed by atoms with Crippen molar-refractivity contribution >= 4 is 28.2 Å². The van der Waals surface area contributed by atoms with Crippen LogP contribution in [-0.4, -0.2) is 21.7 Å². The third kappa shape index (κ3) is 3.40. The summed E-state index contributed by atoms with van der Waals surface area (Å²) in [5.41, 5.74) is 5.45. The fourth-order valence-corrected chi connectivity index (χ4v) is 2.13. The summed E-state index contributed by atoms with van der Waals surface area (Å²) in [6.07, 6.45) is 2.19. The average Bonchev–Trinajstić information content (AvgIpc) is 2.45. The third-order valence-corrected chi connectivity index (χ3v) is 3.16. The molecule has 0 unspecified atom stereocenters. The normalized spacial score (nSPS) is 10.4. The lowest BCUT2D eigenvalue weighted by Gasteiger charge is -1.94. The standard InChI is InChI=1S/C7H13N3S2/c1-2-11-5-3-4-6-9-10-7(8)12-6/h2-5H2,1H3,(H2,8,10). The molecule has 0 atom stereocenters. The molecule has 3 nitrogen and oxygen atoms in total. The Morgan fingerprint density at radius 3 is 2.92 bits per heavy atom. The molecule has 0 aliphatic carbocycles. The first kappa shape index (κ1) is 9.80. The average molecular weight is 203 g/mol. The molecule has 1 heterocycles. The maximum atomic E-state index is 5.45. The summed E-state index contributed by atoms with van der Waals surface area (Å²) in [7, 11) is 0. The first-order valence-electron chi connectivity index (χ1n) is 3.98. The number of nitrogen functional groups attached to an aromatic ring is 1. The number of nitrogens with zero attached hydrogens (tertiary/aromatic N) is 2. The van der Waals surface area contributed by atoms with Crippen molar-refractivity contribution in [2.45, 2.75) is 19.8 Å². The molecule has 5 heteroatoms. The van der Waals surface area contributed by atoms with Crippen molar-refractivity contribution in [2.75, 3.05) is 17.2 Å². The summed E-state index contributed by atoms with van der Waals surface area (Å²) in [5.74, 6) is 2.40. The Balaban J connectivity index is 2.15. The molecule has 1 rings (SSSR count). The smallest absolute Gasteiger partial charge is 0.203 e. The molecule has 0 aliphatic rings. The second-order valence-corrected chi connectivity index (χ2v) is 4.82. The molecular formula is C7H13N3S2. The van der Waals surface area contributed by atoms with Gasteiger partial charge in [0, 0.05) is 6.42 Å². The summed E-state index contributed by atoms with van der Waals surface area (Å²) in [5, 5.41) is 9.34. The minimum atomic E-state index is 0.577. The van der Waals surface area contributed by atoms with Crippen molar-refractivity contribution in [1.82, 2.24) is 10.2 Å². The van der Waals surface area contributed by atoms with Crippen LogP contribution in [0.2, 0.25) is 0 Å². The maximum Gasteiger partial charge on any atom is 0.203 e. The Labute approximate surface area is 80.8 Å². The summed E-state index contributed by atoms with van der Waals surface area (Å²) >= 11 is 3.45. The number of aryl methyl sites for hydroxylation is 1. The van der Waals surface area contributed by atoms with Gasteiger partial charge in [0.2, 0.25) is 5.13 Å². The molecule has 0 aromatic carbocycles. The van der Waals surface area contributed by atoms with Gasteiger partial charge >= 0.3 is 0 Å². The highest BCUT2D eigenvalue weighted by Crippen LogP contribution is 2.13. The number of aromatic nitrogens is 2. The molecular weight excluding hydrogens is 190 g/mol. The van der Waals surface area contributed by atoms with E-state index in [1.807, 2.05) is 11.8 Å². The number of rotatable bonds is 5. The maximum absolute atomic E-state index is 5.45. The Kier molecular flexibility index (Phi) is 4.39. The molecule has 1 aromatic heterocycles. The van der Waals surface area contributed by atoms with E-state index >= 15 is 0 Å². The SMILES string of the molecule is CCSCCCc1nnc(N)s1. The van der Waals surface area contributed by atoms with E-state index in [1.165, 1.54) is 29.3 Å². The molecule has 0 spiro atoms. The van der Waals surface area contributed by atoms with Crippen molar-refractivity contribution in [3.8, 4) is 0 Å². The van der Waals surface area contributed by atoms with Gasteiger partial charge in [-0.3, -0.25) is 0 Å². The van der Waals surface area contributed by atoms with E-state index in [2.05, 4.69) is 17.1 Å². The topological polar surface area (TPSA) is 51.8 Å². The molecule has 1 aromatic rings. The molecule has 0 fully saturated rings. The van der Waals surface area contributed by atoms with Crippen LogP contribution in [0, 0.1) is 0 Å². The Bertz CT molecular complexity index is 224. The van der Waals surface area contributed by atoms with Crippen molar-refractivity contribution < 1.29 is 0 Å². The van der Waals surface area contributed by atoms with E-state index in [1.54, 1.807) is 0 Å². The fourth-order valence-electron chi connectivity index (χ4n) is 0.837. The lowest BCUT2D eigenvalue weighted by atomic mass is 10.4. The van der Waals surface area contributed by atoms with Crippen LogP contribution in [-0.2, 0) is 6.42 Å². The van der Waals surface area contributed by atoms with Gasteiger partial charge in [-0.2, -0.15) is 11.8 Å². The van der Waals surface area contributed by atoms with E-state index < -0.39 is 0 Å². The Hall–Kier alpha value is -0.290. The Morgan fingerprint density at radius 2 is 2.33 bits per heavy atom. The molecule has 0 saturated heterocycles. The van der Waals surface area contributed by atoms with E-state index in [4.69, 9.17) is 5.73 Å². The van der Waals surface area contributed by atoms with E-state index in [0.717, 1.165) is 11.4 Å². The molecule has 12 heavy (non-hydrogen) atoms. The predicted octanol–water partition coefficient (Wildman–Crippen LogP) is 1.81. The predicted molar refractivity (Wildman–Crippen MR) is 55.6 cm³/mol. The summed E-state index contributed by atoms with van der Waals surface area (Å²) in [6.45, 7) is 2.17. The molecule has 0 radical (unpaired) electrons. The second kappa shape index (κ2) is 5.37. The molecule has 0 aliphatic heterocycles. The van der Waals surface area contributed by atoms with Gasteiger partial charge in [-0.1, -0.05) is 18.3 Å². The van der Waals surface area contributed by atoms with Gasteiger partial charge in [-0.15, -0.1) is 10.2 Å². The quantitative estimate of drug-likeness (QED) is 0.741. The van der Waals surface area contributed by atoms with Gasteiger partial charge < -0.3 is 5.73 Å². The van der Waals surface area contributed by atoms with Gasteiger partial charge in [0.15, 0.2) is 0 Å². The number of nitrogens with two attached hydrogens (primary N) is 1. The molecule has 68 valence electrons. The highest BCUT2D eigenvalue weighted by atomic mass is 32.2. The van der Waals surface area contributed by atoms with Crippen LogP contribution in [0.4, 0.5) is 5.13 Å². The molecule has 0 amide bonds. The monoisotopic (exact) mass is 203 g/mol. The lowest BCUT2D eigenvalue weighted by molar-refractivity contribution is 0.887. The summed E-state index contributed by atoms with van der Waals surface area (Å²) in [4.78, 5) is 0. The summed E-state index contributed by atoms with van der Waals surface area (Å²) < 4.78 is 0. The van der Waals surface area contributed by atoms with Gasteiger partial charge in [0.25, 0.3) is 0 Å². The first-order valence-corrected chi connectivity index (χ1v) is 5.95. The van der Waals surface area contributed by atoms with E-state index in [-0.39, 0.29) is 0 Å². The minimum Gasteiger partial charge on any atom is -0.374 e. The van der Waals surface area contributed by atoms with E-state index in [9.17, 15) is 0 Å². The third-order valence-electron chi connectivity index (χ3n) is 1.37.